The third-order valence-electron chi connectivity index (χ3n) is 3.19. The lowest BCUT2D eigenvalue weighted by atomic mass is 10.2. The first kappa shape index (κ1) is 17.6. The quantitative estimate of drug-likeness (QED) is 0.444. The van der Waals surface area contributed by atoms with Gasteiger partial charge in [0.15, 0.2) is 5.58 Å². The number of carboxylic acids is 2. The number of rotatable bonds is 7. The molecule has 0 spiro atoms. The number of aromatic nitrogens is 1. The van der Waals surface area contributed by atoms with Gasteiger partial charge in [0.25, 0.3) is 5.22 Å². The van der Waals surface area contributed by atoms with Gasteiger partial charge in [-0.2, -0.15) is 0 Å². The van der Waals surface area contributed by atoms with Crippen molar-refractivity contribution in [3.63, 3.8) is 0 Å². The van der Waals surface area contributed by atoms with Gasteiger partial charge in [0, 0.05) is 4.91 Å². The summed E-state index contributed by atoms with van der Waals surface area (Å²) in [6.45, 7) is -0.599. The SMILES string of the molecule is O=C([O-])COc1cccc(/C=C(/Sc2nc3ccccc3o2)C(=O)[O-])c1. The van der Waals surface area contributed by atoms with Crippen molar-refractivity contribution in [2.45, 2.75) is 5.22 Å². The summed E-state index contributed by atoms with van der Waals surface area (Å²) in [5.41, 5.74) is 1.65. The molecule has 7 nitrogen and oxygen atoms in total. The molecular formula is C18H11NO6S-2. The van der Waals surface area contributed by atoms with Crippen LogP contribution < -0.4 is 14.9 Å². The Kier molecular flexibility index (Phi) is 5.23. The number of carboxylic acid groups (broad SMARTS) is 2. The van der Waals surface area contributed by atoms with Crippen molar-refractivity contribution in [2.75, 3.05) is 6.61 Å². The second kappa shape index (κ2) is 7.75. The molecule has 8 heteroatoms. The fraction of sp³-hybridized carbons (Fsp3) is 0.0556. The Bertz CT molecular complexity index is 961. The minimum atomic E-state index is -1.39. The van der Waals surface area contributed by atoms with Crippen molar-refractivity contribution in [3.8, 4) is 5.75 Å². The summed E-state index contributed by atoms with van der Waals surface area (Å²) in [6, 6.07) is 13.4. The van der Waals surface area contributed by atoms with Gasteiger partial charge in [0.2, 0.25) is 0 Å². The number of hydrogen-bond acceptors (Lipinski definition) is 8. The Labute approximate surface area is 151 Å². The molecule has 0 aliphatic carbocycles. The highest BCUT2D eigenvalue weighted by molar-refractivity contribution is 8.03. The monoisotopic (exact) mass is 369 g/mol. The van der Waals surface area contributed by atoms with E-state index in [9.17, 15) is 19.8 Å². The average molecular weight is 369 g/mol. The van der Waals surface area contributed by atoms with Crippen molar-refractivity contribution in [1.29, 1.82) is 0 Å². The summed E-state index contributed by atoms with van der Waals surface area (Å²) in [5.74, 6) is -2.47. The highest BCUT2D eigenvalue weighted by atomic mass is 32.2. The molecule has 0 radical (unpaired) electrons. The van der Waals surface area contributed by atoms with Gasteiger partial charge in [-0.15, -0.1) is 0 Å². The van der Waals surface area contributed by atoms with E-state index in [0.717, 1.165) is 11.8 Å². The van der Waals surface area contributed by atoms with Crippen LogP contribution in [0.15, 0.2) is 63.1 Å². The van der Waals surface area contributed by atoms with E-state index in [1.54, 1.807) is 42.5 Å². The molecule has 0 unspecified atom stereocenters. The predicted molar refractivity (Wildman–Crippen MR) is 89.8 cm³/mol. The van der Waals surface area contributed by atoms with Gasteiger partial charge in [0.1, 0.15) is 17.9 Å². The van der Waals surface area contributed by atoms with Crippen molar-refractivity contribution in [2.24, 2.45) is 0 Å². The zero-order chi connectivity index (χ0) is 18.5. The first-order valence-electron chi connectivity index (χ1n) is 7.40. The number of fused-ring (bicyclic) bond motifs is 1. The number of carbonyl (C=O) groups excluding carboxylic acids is 2. The van der Waals surface area contributed by atoms with Gasteiger partial charge in [-0.3, -0.25) is 0 Å². The van der Waals surface area contributed by atoms with Crippen molar-refractivity contribution >= 4 is 40.9 Å². The summed E-state index contributed by atoms with van der Waals surface area (Å²) in [6.07, 6.45) is 1.36. The number of ether oxygens (including phenoxy) is 1. The highest BCUT2D eigenvalue weighted by Gasteiger charge is 2.10. The van der Waals surface area contributed by atoms with Crippen LogP contribution in [-0.2, 0) is 9.59 Å². The van der Waals surface area contributed by atoms with E-state index in [1.165, 1.54) is 12.1 Å². The molecule has 132 valence electrons. The molecule has 0 aliphatic heterocycles. The normalized spacial score (nSPS) is 11.5. The van der Waals surface area contributed by atoms with Gasteiger partial charge >= 0.3 is 0 Å². The number of nitrogens with zero attached hydrogens (tertiary/aromatic N) is 1. The van der Waals surface area contributed by atoms with Gasteiger partial charge < -0.3 is 29.0 Å². The largest absolute Gasteiger partial charge is 0.546 e. The van der Waals surface area contributed by atoms with Crippen LogP contribution in [0.1, 0.15) is 5.56 Å². The molecule has 0 fully saturated rings. The van der Waals surface area contributed by atoms with Crippen LogP contribution in [0.3, 0.4) is 0 Å². The standard InChI is InChI=1S/C18H13NO6S/c20-16(21)10-24-12-5-3-4-11(8-12)9-15(17(22)23)26-18-19-13-6-1-2-7-14(13)25-18/h1-9H,10H2,(H,20,21)(H,22,23)/p-2/b15-9+. The fourth-order valence-electron chi connectivity index (χ4n) is 2.11. The van der Waals surface area contributed by atoms with E-state index < -0.39 is 18.5 Å². The third-order valence-corrected chi connectivity index (χ3v) is 4.04. The molecular weight excluding hydrogens is 358 g/mol. The Morgan fingerprint density at radius 1 is 1.15 bits per heavy atom. The van der Waals surface area contributed by atoms with Gasteiger partial charge in [-0.05, 0) is 47.7 Å². The number of para-hydroxylation sites is 2. The number of benzene rings is 2. The summed E-state index contributed by atoms with van der Waals surface area (Å²) in [4.78, 5) is 26.0. The maximum atomic E-state index is 11.4. The van der Waals surface area contributed by atoms with Gasteiger partial charge in [0.05, 0.1) is 11.9 Å². The topological polar surface area (TPSA) is 116 Å². The maximum Gasteiger partial charge on any atom is 0.261 e. The van der Waals surface area contributed by atoms with E-state index in [2.05, 4.69) is 4.98 Å². The number of thioether (sulfide) groups is 1. The lowest BCUT2D eigenvalue weighted by molar-refractivity contribution is -0.307. The van der Waals surface area contributed by atoms with Crippen molar-refractivity contribution < 1.29 is 29.0 Å². The first-order chi connectivity index (χ1) is 12.5. The zero-order valence-corrected chi connectivity index (χ0v) is 14.0. The molecule has 0 amide bonds. The lowest BCUT2D eigenvalue weighted by Gasteiger charge is -2.08. The number of oxazole rings is 1. The number of carbonyl (C=O) groups is 2. The minimum Gasteiger partial charge on any atom is -0.546 e. The summed E-state index contributed by atoms with van der Waals surface area (Å²) >= 11 is 0.818. The third kappa shape index (κ3) is 4.42. The molecule has 3 rings (SSSR count). The molecule has 3 aromatic rings. The molecule has 0 atom stereocenters. The van der Waals surface area contributed by atoms with Gasteiger partial charge in [-0.25, -0.2) is 4.98 Å². The molecule has 1 heterocycles. The van der Waals surface area contributed by atoms with E-state index >= 15 is 0 Å². The lowest BCUT2D eigenvalue weighted by Crippen LogP contribution is -2.28. The van der Waals surface area contributed by atoms with E-state index in [-0.39, 0.29) is 15.9 Å². The van der Waals surface area contributed by atoms with Crippen LogP contribution in [0.5, 0.6) is 5.75 Å². The number of hydrogen-bond donors (Lipinski definition) is 0. The first-order valence-corrected chi connectivity index (χ1v) is 8.22. The summed E-state index contributed by atoms with van der Waals surface area (Å²) in [7, 11) is 0. The molecule has 2 aromatic carbocycles. The molecule has 0 bridgehead atoms. The second-order valence-corrected chi connectivity index (χ2v) is 6.07. The molecule has 0 N–H and O–H groups in total. The minimum absolute atomic E-state index is 0.117. The highest BCUT2D eigenvalue weighted by Crippen LogP contribution is 2.30. The average Bonchev–Trinajstić information content (AvgIpc) is 3.02. The molecule has 26 heavy (non-hydrogen) atoms. The summed E-state index contributed by atoms with van der Waals surface area (Å²) in [5, 5.41) is 22.1. The van der Waals surface area contributed by atoms with Crippen LogP contribution >= 0.6 is 11.8 Å². The molecule has 0 aliphatic rings. The van der Waals surface area contributed by atoms with Crippen molar-refractivity contribution in [1.82, 2.24) is 4.98 Å². The van der Waals surface area contributed by atoms with Crippen molar-refractivity contribution in [3.05, 3.63) is 59.0 Å². The Balaban J connectivity index is 1.84. The van der Waals surface area contributed by atoms with Crippen LogP contribution in [0, 0.1) is 0 Å². The molecule has 0 saturated heterocycles. The van der Waals surface area contributed by atoms with Crippen LogP contribution in [0.25, 0.3) is 17.2 Å². The van der Waals surface area contributed by atoms with Crippen LogP contribution in [0.4, 0.5) is 0 Å². The summed E-state index contributed by atoms with van der Waals surface area (Å²) < 4.78 is 10.5. The fourth-order valence-corrected chi connectivity index (χ4v) is 2.85. The predicted octanol–water partition coefficient (Wildman–Crippen LogP) is 0.840. The van der Waals surface area contributed by atoms with E-state index in [1.807, 2.05) is 0 Å². The Hall–Kier alpha value is -3.26. The maximum absolute atomic E-state index is 11.4. The van der Waals surface area contributed by atoms with Crippen LogP contribution in [0.2, 0.25) is 0 Å². The Morgan fingerprint density at radius 2 is 1.96 bits per heavy atom. The molecule has 0 saturated carbocycles. The smallest absolute Gasteiger partial charge is 0.261 e. The zero-order valence-electron chi connectivity index (χ0n) is 13.2. The van der Waals surface area contributed by atoms with Crippen LogP contribution in [-0.4, -0.2) is 23.5 Å². The van der Waals surface area contributed by atoms with E-state index in [4.69, 9.17) is 9.15 Å². The second-order valence-electron chi connectivity index (χ2n) is 5.08. The Morgan fingerprint density at radius 3 is 2.69 bits per heavy atom. The molecule has 1 aromatic heterocycles. The number of aliphatic carboxylic acids is 2. The van der Waals surface area contributed by atoms with Gasteiger partial charge in [-0.1, -0.05) is 24.3 Å². The van der Waals surface area contributed by atoms with E-state index in [0.29, 0.717) is 16.7 Å².